The maximum atomic E-state index is 13.6. The third kappa shape index (κ3) is 6.12. The number of aliphatic hydroxyl groups is 1. The highest BCUT2D eigenvalue weighted by molar-refractivity contribution is 7.89. The maximum absolute atomic E-state index is 13.6. The molecule has 1 saturated heterocycles. The number of β-amino-alcohol motifs (C(OH)–C–C–N with tert-alkyl or cyclic N) is 1. The van der Waals surface area contributed by atoms with E-state index in [9.17, 15) is 26.7 Å². The molecule has 12 heteroatoms. The van der Waals surface area contributed by atoms with Gasteiger partial charge in [0.05, 0.1) is 10.5 Å². The first-order valence-corrected chi connectivity index (χ1v) is 12.0. The van der Waals surface area contributed by atoms with Crippen LogP contribution in [0, 0.1) is 6.92 Å². The Balaban J connectivity index is 1.93. The number of rotatable bonds is 6. The fourth-order valence-electron chi connectivity index (χ4n) is 3.72. The van der Waals surface area contributed by atoms with Gasteiger partial charge >= 0.3 is 6.18 Å². The Morgan fingerprint density at radius 2 is 1.97 bits per heavy atom. The number of hydrogen-bond acceptors (Lipinski definition) is 7. The standard InChI is InChI=1S/C21H28F3N5O3S/c1-13(2)28-33(31,32)15-6-7-17(14(3)10-15)26-19-25-11-16(21(22,23)24)18(27-19)29-9-5-8-20(4,30)12-29/h6-7,10-11,13,28,30H,5,8-9,12H2,1-4H3,(H,25,26,27)/t20-/m0/s1. The topological polar surface area (TPSA) is 107 Å². The lowest BCUT2D eigenvalue weighted by molar-refractivity contribution is -0.137. The molecule has 0 amide bonds. The number of benzene rings is 1. The maximum Gasteiger partial charge on any atom is 0.421 e. The van der Waals surface area contributed by atoms with Crippen molar-refractivity contribution in [3.63, 3.8) is 0 Å². The second-order valence-electron chi connectivity index (χ2n) is 8.83. The molecule has 1 aliphatic rings. The van der Waals surface area contributed by atoms with Crippen molar-refractivity contribution in [2.45, 2.75) is 63.3 Å². The molecule has 1 aromatic heterocycles. The average Bonchev–Trinajstić information content (AvgIpc) is 2.67. The number of piperidine rings is 1. The van der Waals surface area contributed by atoms with E-state index in [2.05, 4.69) is 20.0 Å². The second-order valence-corrected chi connectivity index (χ2v) is 10.5. The molecule has 1 fully saturated rings. The Kier molecular flexibility index (Phi) is 6.92. The van der Waals surface area contributed by atoms with Gasteiger partial charge in [-0.3, -0.25) is 0 Å². The number of nitrogens with zero attached hydrogens (tertiary/aromatic N) is 3. The van der Waals surface area contributed by atoms with Crippen LogP contribution in [-0.2, 0) is 16.2 Å². The van der Waals surface area contributed by atoms with Gasteiger partial charge in [-0.1, -0.05) is 0 Å². The minimum atomic E-state index is -4.66. The summed E-state index contributed by atoms with van der Waals surface area (Å²) >= 11 is 0. The molecule has 0 radical (unpaired) electrons. The van der Waals surface area contributed by atoms with Crippen molar-refractivity contribution in [3.05, 3.63) is 35.5 Å². The third-order valence-corrected chi connectivity index (χ3v) is 6.85. The van der Waals surface area contributed by atoms with E-state index in [1.54, 1.807) is 27.7 Å². The summed E-state index contributed by atoms with van der Waals surface area (Å²) in [6.07, 6.45) is -2.93. The number of nitrogens with one attached hydrogen (secondary N) is 2. The van der Waals surface area contributed by atoms with Gasteiger partial charge < -0.3 is 15.3 Å². The van der Waals surface area contributed by atoms with Crippen LogP contribution in [0.15, 0.2) is 29.3 Å². The molecule has 0 saturated carbocycles. The Bertz CT molecular complexity index is 1120. The molecule has 33 heavy (non-hydrogen) atoms. The lowest BCUT2D eigenvalue weighted by Gasteiger charge is -2.38. The van der Waals surface area contributed by atoms with E-state index in [4.69, 9.17) is 0 Å². The predicted octanol–water partition coefficient (Wildman–Crippen LogP) is 3.59. The molecular formula is C21H28F3N5O3S. The van der Waals surface area contributed by atoms with Gasteiger partial charge in [-0.05, 0) is 64.3 Å². The van der Waals surface area contributed by atoms with Crippen LogP contribution in [0.3, 0.4) is 0 Å². The van der Waals surface area contributed by atoms with Crippen molar-refractivity contribution in [2.24, 2.45) is 0 Å². The summed E-state index contributed by atoms with van der Waals surface area (Å²) in [6, 6.07) is 4.09. The van der Waals surface area contributed by atoms with Gasteiger partial charge in [-0.2, -0.15) is 18.2 Å². The molecule has 3 N–H and O–H groups in total. The normalized spacial score (nSPS) is 19.7. The van der Waals surface area contributed by atoms with Crippen molar-refractivity contribution in [3.8, 4) is 0 Å². The monoisotopic (exact) mass is 487 g/mol. The van der Waals surface area contributed by atoms with E-state index in [-0.39, 0.29) is 29.2 Å². The molecule has 2 heterocycles. The van der Waals surface area contributed by atoms with E-state index in [1.807, 2.05) is 0 Å². The largest absolute Gasteiger partial charge is 0.421 e. The number of halogens is 3. The molecular weight excluding hydrogens is 459 g/mol. The van der Waals surface area contributed by atoms with E-state index in [0.717, 1.165) is 0 Å². The van der Waals surface area contributed by atoms with Crippen LogP contribution in [-0.4, -0.2) is 48.2 Å². The van der Waals surface area contributed by atoms with Crippen LogP contribution in [0.1, 0.15) is 44.7 Å². The SMILES string of the molecule is Cc1cc(S(=O)(=O)NC(C)C)ccc1Nc1ncc(C(F)(F)F)c(N2CCC[C@](C)(O)C2)n1. The van der Waals surface area contributed by atoms with Gasteiger partial charge in [0.15, 0.2) is 0 Å². The van der Waals surface area contributed by atoms with Crippen LogP contribution in [0.2, 0.25) is 0 Å². The zero-order valence-corrected chi connectivity index (χ0v) is 19.7. The lowest BCUT2D eigenvalue weighted by atomic mass is 9.95. The van der Waals surface area contributed by atoms with Crippen LogP contribution >= 0.6 is 0 Å². The number of hydrogen-bond donors (Lipinski definition) is 3. The molecule has 0 bridgehead atoms. The van der Waals surface area contributed by atoms with Gasteiger partial charge in [0.25, 0.3) is 0 Å². The first-order chi connectivity index (χ1) is 15.2. The van der Waals surface area contributed by atoms with Gasteiger partial charge in [-0.15, -0.1) is 0 Å². The summed E-state index contributed by atoms with van der Waals surface area (Å²) in [5.74, 6) is -0.375. The number of alkyl halides is 3. The Morgan fingerprint density at radius 1 is 1.27 bits per heavy atom. The molecule has 8 nitrogen and oxygen atoms in total. The molecule has 0 unspecified atom stereocenters. The molecule has 1 aliphatic heterocycles. The van der Waals surface area contributed by atoms with Crippen molar-refractivity contribution < 1.29 is 26.7 Å². The van der Waals surface area contributed by atoms with Gasteiger partial charge in [0.1, 0.15) is 11.4 Å². The summed E-state index contributed by atoms with van der Waals surface area (Å²) in [5.41, 5.74) is -1.10. The van der Waals surface area contributed by atoms with Crippen LogP contribution < -0.4 is 14.9 Å². The zero-order valence-electron chi connectivity index (χ0n) is 18.9. The van der Waals surface area contributed by atoms with Gasteiger partial charge in [0, 0.05) is 31.0 Å². The number of aromatic nitrogens is 2. The summed E-state index contributed by atoms with van der Waals surface area (Å²) in [7, 11) is -3.69. The highest BCUT2D eigenvalue weighted by atomic mass is 32.2. The molecule has 182 valence electrons. The summed E-state index contributed by atoms with van der Waals surface area (Å²) < 4.78 is 68.1. The van der Waals surface area contributed by atoms with Gasteiger partial charge in [0.2, 0.25) is 16.0 Å². The third-order valence-electron chi connectivity index (χ3n) is 5.19. The van der Waals surface area contributed by atoms with Crippen molar-refractivity contribution in [1.82, 2.24) is 14.7 Å². The van der Waals surface area contributed by atoms with Crippen molar-refractivity contribution in [1.29, 1.82) is 0 Å². The van der Waals surface area contributed by atoms with Crippen LogP contribution in [0.25, 0.3) is 0 Å². The highest BCUT2D eigenvalue weighted by Gasteiger charge is 2.39. The Labute approximate surface area is 191 Å². The summed E-state index contributed by atoms with van der Waals surface area (Å²) in [4.78, 5) is 9.43. The predicted molar refractivity (Wildman–Crippen MR) is 119 cm³/mol. The van der Waals surface area contributed by atoms with E-state index in [1.165, 1.54) is 23.1 Å². The number of anilines is 3. The Hall–Kier alpha value is -2.44. The van der Waals surface area contributed by atoms with Crippen LogP contribution in [0.5, 0.6) is 0 Å². The molecule has 0 spiro atoms. The zero-order chi connectivity index (χ0) is 24.6. The molecule has 3 rings (SSSR count). The fourth-order valence-corrected chi connectivity index (χ4v) is 5.05. The lowest BCUT2D eigenvalue weighted by Crippen LogP contribution is -2.47. The van der Waals surface area contributed by atoms with E-state index < -0.39 is 27.4 Å². The van der Waals surface area contributed by atoms with Gasteiger partial charge in [-0.25, -0.2) is 18.1 Å². The van der Waals surface area contributed by atoms with E-state index >= 15 is 0 Å². The summed E-state index contributed by atoms with van der Waals surface area (Å²) in [6.45, 7) is 7.01. The first-order valence-electron chi connectivity index (χ1n) is 10.5. The minimum Gasteiger partial charge on any atom is -0.388 e. The molecule has 1 atom stereocenters. The average molecular weight is 488 g/mol. The molecule has 1 aromatic carbocycles. The minimum absolute atomic E-state index is 0.0149. The number of sulfonamides is 1. The smallest absolute Gasteiger partial charge is 0.388 e. The molecule has 2 aromatic rings. The number of aryl methyl sites for hydroxylation is 1. The summed E-state index contributed by atoms with van der Waals surface area (Å²) in [5, 5.41) is 13.2. The molecule has 0 aliphatic carbocycles. The van der Waals surface area contributed by atoms with E-state index in [0.29, 0.717) is 36.8 Å². The Morgan fingerprint density at radius 3 is 2.55 bits per heavy atom. The van der Waals surface area contributed by atoms with Crippen LogP contribution in [0.4, 0.5) is 30.6 Å². The van der Waals surface area contributed by atoms with Crippen molar-refractivity contribution in [2.75, 3.05) is 23.3 Å². The highest BCUT2D eigenvalue weighted by Crippen LogP contribution is 2.37. The fraction of sp³-hybridized carbons (Fsp3) is 0.524. The quantitative estimate of drug-likeness (QED) is 0.572. The van der Waals surface area contributed by atoms with Crippen molar-refractivity contribution >= 4 is 27.5 Å². The second kappa shape index (κ2) is 9.07. The first kappa shape index (κ1) is 25.2.